The van der Waals surface area contributed by atoms with Gasteiger partial charge in [0, 0.05) is 20.7 Å². The Balaban J connectivity index is 0.000000755. The Morgan fingerprint density at radius 1 is 1.17 bits per heavy atom. The lowest BCUT2D eigenvalue weighted by Crippen LogP contribution is -2.31. The zero-order chi connectivity index (χ0) is 20.8. The minimum absolute atomic E-state index is 0.182. The molecular formula is C23H22ClNO3S. The number of aryl methyl sites for hydroxylation is 1. The lowest BCUT2D eigenvalue weighted by Gasteiger charge is -2.23. The van der Waals surface area contributed by atoms with Crippen LogP contribution in [0.4, 0.5) is 5.69 Å². The molecule has 0 atom stereocenters. The Bertz CT molecular complexity index is 966. The Kier molecular flexibility index (Phi) is 7.07. The molecule has 0 unspecified atom stereocenters. The summed E-state index contributed by atoms with van der Waals surface area (Å²) in [4.78, 5) is 25.7. The van der Waals surface area contributed by atoms with Gasteiger partial charge in [0.2, 0.25) is 5.91 Å². The number of rotatable bonds is 5. The summed E-state index contributed by atoms with van der Waals surface area (Å²) < 4.78 is 0. The van der Waals surface area contributed by atoms with E-state index in [1.807, 2.05) is 47.4 Å². The van der Waals surface area contributed by atoms with Crippen LogP contribution in [0.3, 0.4) is 0 Å². The number of anilines is 1. The van der Waals surface area contributed by atoms with Crippen LogP contribution in [-0.4, -0.2) is 17.5 Å². The van der Waals surface area contributed by atoms with E-state index in [-0.39, 0.29) is 18.3 Å². The van der Waals surface area contributed by atoms with Crippen molar-refractivity contribution in [3.63, 3.8) is 0 Å². The molecule has 1 saturated carbocycles. The van der Waals surface area contributed by atoms with E-state index < -0.39 is 0 Å². The van der Waals surface area contributed by atoms with Gasteiger partial charge in [-0.05, 0) is 49.1 Å². The van der Waals surface area contributed by atoms with Gasteiger partial charge in [-0.15, -0.1) is 11.3 Å². The average Bonchev–Trinajstić information content (AvgIpc) is 3.51. The van der Waals surface area contributed by atoms with Crippen molar-refractivity contribution in [2.45, 2.75) is 26.3 Å². The fraction of sp³-hybridized carbons (Fsp3) is 0.217. The molecule has 0 aliphatic heterocycles. The normalized spacial score (nSPS) is 12.6. The predicted octanol–water partition coefficient (Wildman–Crippen LogP) is 6.02. The summed E-state index contributed by atoms with van der Waals surface area (Å²) >= 11 is 7.75. The van der Waals surface area contributed by atoms with Crippen LogP contribution in [-0.2, 0) is 16.1 Å². The number of carboxylic acid groups (broad SMARTS) is 1. The van der Waals surface area contributed by atoms with Crippen LogP contribution in [0.25, 0.3) is 10.4 Å². The van der Waals surface area contributed by atoms with Crippen LogP contribution in [0.5, 0.6) is 0 Å². The number of nitrogens with zero attached hydrogens (tertiary/aromatic N) is 1. The van der Waals surface area contributed by atoms with Gasteiger partial charge in [0.05, 0.1) is 12.2 Å². The number of halogens is 1. The number of thiophene rings is 1. The second-order valence-corrected chi connectivity index (χ2v) is 8.54. The zero-order valence-electron chi connectivity index (χ0n) is 16.0. The number of carbonyl (C=O) groups is 2. The second-order valence-electron chi connectivity index (χ2n) is 6.85. The van der Waals surface area contributed by atoms with Gasteiger partial charge in [-0.3, -0.25) is 9.59 Å². The molecule has 0 spiro atoms. The molecule has 150 valence electrons. The molecule has 1 aliphatic carbocycles. The van der Waals surface area contributed by atoms with Crippen molar-refractivity contribution in [3.05, 3.63) is 76.1 Å². The van der Waals surface area contributed by atoms with Crippen LogP contribution in [0.15, 0.2) is 60.7 Å². The van der Waals surface area contributed by atoms with Gasteiger partial charge >= 0.3 is 0 Å². The Labute approximate surface area is 179 Å². The average molecular weight is 428 g/mol. The molecule has 0 bridgehead atoms. The molecule has 0 radical (unpaired) electrons. The molecule has 29 heavy (non-hydrogen) atoms. The van der Waals surface area contributed by atoms with E-state index in [1.54, 1.807) is 11.3 Å². The largest absolute Gasteiger partial charge is 0.483 e. The molecule has 1 fully saturated rings. The minimum Gasteiger partial charge on any atom is -0.483 e. The SMILES string of the molecule is Cc1sc(-c2ccccc2)cc1N(Cc1ccc(Cl)cc1)C(=O)C1CC1.O=CO. The molecule has 1 heterocycles. The third-order valence-corrected chi connectivity index (χ3v) is 6.03. The topological polar surface area (TPSA) is 57.6 Å². The minimum atomic E-state index is -0.250. The van der Waals surface area contributed by atoms with Crippen molar-refractivity contribution in [2.24, 2.45) is 5.92 Å². The summed E-state index contributed by atoms with van der Waals surface area (Å²) in [5.74, 6) is 0.419. The molecule has 6 heteroatoms. The highest BCUT2D eigenvalue weighted by Crippen LogP contribution is 2.40. The number of hydrogen-bond acceptors (Lipinski definition) is 3. The Hall–Kier alpha value is -2.63. The van der Waals surface area contributed by atoms with Crippen molar-refractivity contribution in [3.8, 4) is 10.4 Å². The second kappa shape index (κ2) is 9.72. The first kappa shape index (κ1) is 21.1. The van der Waals surface area contributed by atoms with Crippen molar-refractivity contribution in [2.75, 3.05) is 4.90 Å². The molecule has 0 saturated heterocycles. The molecule has 1 N–H and O–H groups in total. The molecule has 3 aromatic rings. The number of hydrogen-bond donors (Lipinski definition) is 1. The lowest BCUT2D eigenvalue weighted by atomic mass is 10.1. The van der Waals surface area contributed by atoms with Crippen molar-refractivity contribution in [1.29, 1.82) is 0 Å². The van der Waals surface area contributed by atoms with Gasteiger partial charge in [0.25, 0.3) is 6.47 Å². The lowest BCUT2D eigenvalue weighted by molar-refractivity contribution is -0.123. The highest BCUT2D eigenvalue weighted by Gasteiger charge is 2.35. The third kappa shape index (κ3) is 5.46. The van der Waals surface area contributed by atoms with E-state index in [2.05, 4.69) is 25.1 Å². The van der Waals surface area contributed by atoms with Gasteiger partial charge in [0.15, 0.2) is 0 Å². The fourth-order valence-corrected chi connectivity index (χ4v) is 4.24. The quantitative estimate of drug-likeness (QED) is 0.506. The number of benzene rings is 2. The molecule has 4 rings (SSSR count). The first-order chi connectivity index (χ1) is 14.0. The van der Waals surface area contributed by atoms with E-state index in [4.69, 9.17) is 21.5 Å². The van der Waals surface area contributed by atoms with Crippen molar-refractivity contribution in [1.82, 2.24) is 0 Å². The maximum Gasteiger partial charge on any atom is 0.290 e. The molecule has 4 nitrogen and oxygen atoms in total. The summed E-state index contributed by atoms with van der Waals surface area (Å²) in [5.41, 5.74) is 3.31. The highest BCUT2D eigenvalue weighted by atomic mass is 35.5. The van der Waals surface area contributed by atoms with Crippen molar-refractivity contribution < 1.29 is 14.7 Å². The zero-order valence-corrected chi connectivity index (χ0v) is 17.6. The monoisotopic (exact) mass is 427 g/mol. The molecule has 2 aromatic carbocycles. The summed E-state index contributed by atoms with van der Waals surface area (Å²) in [5, 5.41) is 7.60. The summed E-state index contributed by atoms with van der Waals surface area (Å²) in [6.45, 7) is 2.43. The van der Waals surface area contributed by atoms with Crippen molar-refractivity contribution >= 4 is 41.0 Å². The predicted molar refractivity (Wildman–Crippen MR) is 119 cm³/mol. The van der Waals surface area contributed by atoms with Crippen LogP contribution in [0.1, 0.15) is 23.3 Å². The molecule has 1 amide bonds. The molecule has 1 aliphatic rings. The van der Waals surface area contributed by atoms with Crippen LogP contribution < -0.4 is 4.90 Å². The molecule has 1 aromatic heterocycles. The standard InChI is InChI=1S/C22H20ClNOS.CH2O2/c1-15-20(13-21(26-15)17-5-3-2-4-6-17)24(22(25)18-9-10-18)14-16-7-11-19(23)12-8-16;2-1-3/h2-8,11-13,18H,9-10,14H2,1H3;1H,(H,2,3). The van der Waals surface area contributed by atoms with E-state index >= 15 is 0 Å². The van der Waals surface area contributed by atoms with Gasteiger partial charge in [0.1, 0.15) is 0 Å². The third-order valence-electron chi connectivity index (χ3n) is 4.69. The first-order valence-corrected chi connectivity index (χ1v) is 10.5. The van der Waals surface area contributed by atoms with Crippen LogP contribution in [0.2, 0.25) is 5.02 Å². The van der Waals surface area contributed by atoms with E-state index in [1.165, 1.54) is 15.3 Å². The van der Waals surface area contributed by atoms with Gasteiger partial charge < -0.3 is 10.0 Å². The van der Waals surface area contributed by atoms with E-state index in [0.717, 1.165) is 24.1 Å². The number of carbonyl (C=O) groups excluding carboxylic acids is 1. The van der Waals surface area contributed by atoms with Gasteiger partial charge in [-0.25, -0.2) is 0 Å². The van der Waals surface area contributed by atoms with Crippen LogP contribution in [0, 0.1) is 12.8 Å². The maximum absolute atomic E-state index is 13.0. The highest BCUT2D eigenvalue weighted by molar-refractivity contribution is 7.16. The molecular weight excluding hydrogens is 406 g/mol. The summed E-state index contributed by atoms with van der Waals surface area (Å²) in [6.07, 6.45) is 2.01. The first-order valence-electron chi connectivity index (χ1n) is 9.33. The Morgan fingerprint density at radius 2 is 1.79 bits per heavy atom. The smallest absolute Gasteiger partial charge is 0.290 e. The van der Waals surface area contributed by atoms with Gasteiger partial charge in [-0.2, -0.15) is 0 Å². The van der Waals surface area contributed by atoms with E-state index in [0.29, 0.717) is 11.6 Å². The van der Waals surface area contributed by atoms with Crippen LogP contribution >= 0.6 is 22.9 Å². The number of amides is 1. The van der Waals surface area contributed by atoms with Gasteiger partial charge in [-0.1, -0.05) is 54.1 Å². The fourth-order valence-electron chi connectivity index (χ4n) is 3.09. The maximum atomic E-state index is 13.0. The Morgan fingerprint density at radius 3 is 2.38 bits per heavy atom. The summed E-state index contributed by atoms with van der Waals surface area (Å²) in [7, 11) is 0. The summed E-state index contributed by atoms with van der Waals surface area (Å²) in [6, 6.07) is 20.3. The van der Waals surface area contributed by atoms with E-state index in [9.17, 15) is 4.79 Å².